The van der Waals surface area contributed by atoms with E-state index in [0.717, 1.165) is 16.3 Å². The SMILES string of the molecule is CCOC(=O)Cc1csc(C2=C[I-]C=C(O)C=C2)n1. The van der Waals surface area contributed by atoms with E-state index < -0.39 is 0 Å². The van der Waals surface area contributed by atoms with Crippen LogP contribution >= 0.6 is 11.3 Å². The molecule has 0 spiro atoms. The molecule has 0 radical (unpaired) electrons. The normalized spacial score (nSPS) is 15.0. The number of esters is 1. The van der Waals surface area contributed by atoms with Gasteiger partial charge in [-0.3, -0.25) is 0 Å². The zero-order valence-corrected chi connectivity index (χ0v) is 13.3. The molecule has 1 aromatic rings. The maximum absolute atomic E-state index is 11.4. The molecule has 102 valence electrons. The molecule has 1 aliphatic heterocycles. The van der Waals surface area contributed by atoms with E-state index in [-0.39, 0.29) is 33.6 Å². The number of aromatic nitrogens is 1. The van der Waals surface area contributed by atoms with Gasteiger partial charge < -0.3 is 0 Å². The van der Waals surface area contributed by atoms with Crippen LogP contribution in [0.15, 0.2) is 31.5 Å². The van der Waals surface area contributed by atoms with Crippen molar-refractivity contribution in [3.05, 3.63) is 42.2 Å². The minimum absolute atomic E-state index is 0.208. The topological polar surface area (TPSA) is 59.4 Å². The van der Waals surface area contributed by atoms with Crippen LogP contribution in [0.1, 0.15) is 17.6 Å². The average molecular weight is 390 g/mol. The van der Waals surface area contributed by atoms with Crippen molar-refractivity contribution in [2.45, 2.75) is 13.3 Å². The Kier molecular flexibility index (Phi) is 5.15. The molecule has 0 aliphatic carbocycles. The third-order valence-electron chi connectivity index (χ3n) is 2.22. The summed E-state index contributed by atoms with van der Waals surface area (Å²) in [6.07, 6.45) is 3.73. The number of nitrogens with zero attached hydrogens (tertiary/aromatic N) is 1. The number of rotatable bonds is 4. The predicted molar refractivity (Wildman–Crippen MR) is 70.3 cm³/mol. The molecular formula is C13H13INO3S-. The molecule has 19 heavy (non-hydrogen) atoms. The van der Waals surface area contributed by atoms with Crippen LogP contribution in [-0.4, -0.2) is 22.7 Å². The maximum atomic E-state index is 11.4. The summed E-state index contributed by atoms with van der Waals surface area (Å²) in [6, 6.07) is 0. The van der Waals surface area contributed by atoms with Gasteiger partial charge in [-0.1, -0.05) is 0 Å². The fourth-order valence-electron chi connectivity index (χ4n) is 1.41. The first-order valence-corrected chi connectivity index (χ1v) is 9.06. The van der Waals surface area contributed by atoms with Crippen molar-refractivity contribution in [2.24, 2.45) is 0 Å². The van der Waals surface area contributed by atoms with Crippen LogP contribution in [0.3, 0.4) is 0 Å². The molecule has 0 amide bonds. The summed E-state index contributed by atoms with van der Waals surface area (Å²) in [5, 5.41) is 12.2. The van der Waals surface area contributed by atoms with Gasteiger partial charge >= 0.3 is 126 Å². The molecule has 0 saturated heterocycles. The Labute approximate surface area is 125 Å². The predicted octanol–water partition coefficient (Wildman–Crippen LogP) is -0.352. The van der Waals surface area contributed by atoms with Crippen molar-refractivity contribution in [3.8, 4) is 0 Å². The molecule has 0 aromatic carbocycles. The van der Waals surface area contributed by atoms with Crippen molar-refractivity contribution in [1.29, 1.82) is 0 Å². The Morgan fingerprint density at radius 3 is 3.11 bits per heavy atom. The van der Waals surface area contributed by atoms with Crippen molar-refractivity contribution >= 4 is 22.9 Å². The fraction of sp³-hybridized carbons (Fsp3) is 0.231. The van der Waals surface area contributed by atoms with Gasteiger partial charge in [0.15, 0.2) is 0 Å². The number of thiazole rings is 1. The molecule has 0 atom stereocenters. The Hall–Kier alpha value is -1.15. The average Bonchev–Trinajstić information content (AvgIpc) is 2.71. The molecule has 2 heterocycles. The van der Waals surface area contributed by atoms with Crippen molar-refractivity contribution < 1.29 is 35.8 Å². The first-order chi connectivity index (χ1) is 9.19. The van der Waals surface area contributed by atoms with Crippen LogP contribution in [0.5, 0.6) is 0 Å². The number of carbonyl (C=O) groups excluding carboxylic acids is 1. The zero-order chi connectivity index (χ0) is 13.7. The molecule has 2 rings (SSSR count). The molecule has 0 bridgehead atoms. The van der Waals surface area contributed by atoms with Crippen LogP contribution in [0.4, 0.5) is 0 Å². The number of allylic oxidation sites excluding steroid dienone is 3. The van der Waals surface area contributed by atoms with Gasteiger partial charge in [0, 0.05) is 0 Å². The summed E-state index contributed by atoms with van der Waals surface area (Å²) >= 11 is 1.21. The molecule has 0 unspecified atom stereocenters. The van der Waals surface area contributed by atoms with E-state index in [1.165, 1.54) is 11.3 Å². The Morgan fingerprint density at radius 1 is 1.47 bits per heavy atom. The van der Waals surface area contributed by atoms with Gasteiger partial charge in [0.1, 0.15) is 0 Å². The molecule has 0 saturated carbocycles. The zero-order valence-electron chi connectivity index (χ0n) is 10.3. The monoisotopic (exact) mass is 390 g/mol. The van der Waals surface area contributed by atoms with Crippen LogP contribution < -0.4 is 21.2 Å². The van der Waals surface area contributed by atoms with E-state index in [0.29, 0.717) is 12.4 Å². The second-order valence-electron chi connectivity index (χ2n) is 3.68. The second-order valence-corrected chi connectivity index (χ2v) is 6.51. The van der Waals surface area contributed by atoms with Crippen LogP contribution in [0.2, 0.25) is 0 Å². The molecule has 6 heteroatoms. The number of hydrogen-bond acceptors (Lipinski definition) is 5. The molecule has 1 aromatic heterocycles. The minimum atomic E-state index is -0.295. The molecule has 0 fully saturated rings. The summed E-state index contributed by atoms with van der Waals surface area (Å²) in [5.41, 5.74) is 1.74. The standard InChI is InChI=1S/C13H13INO3S/c1-2-18-12(17)5-10-8-19-13(15-10)9-3-4-11(16)7-14-6-9/h3-4,6-8,16H,2,5H2,1H3/q-1. The van der Waals surface area contributed by atoms with Gasteiger partial charge in [-0.25, -0.2) is 0 Å². The van der Waals surface area contributed by atoms with E-state index in [4.69, 9.17) is 4.74 Å². The molecule has 1 N–H and O–H groups in total. The van der Waals surface area contributed by atoms with E-state index in [2.05, 4.69) is 9.07 Å². The Bertz CT molecular complexity index is 560. The summed E-state index contributed by atoms with van der Waals surface area (Å²) in [7, 11) is 0. The molecular weight excluding hydrogens is 377 g/mol. The summed E-state index contributed by atoms with van der Waals surface area (Å²) in [6.45, 7) is 2.17. The summed E-state index contributed by atoms with van der Waals surface area (Å²) < 4.78 is 8.84. The Balaban J connectivity index is 2.07. The van der Waals surface area contributed by atoms with Crippen molar-refractivity contribution in [3.63, 3.8) is 0 Å². The first-order valence-electron chi connectivity index (χ1n) is 5.68. The van der Waals surface area contributed by atoms with E-state index >= 15 is 0 Å². The number of ether oxygens (including phenoxy) is 1. The van der Waals surface area contributed by atoms with E-state index in [9.17, 15) is 9.90 Å². The number of carbonyl (C=O) groups is 1. The second kappa shape index (κ2) is 6.85. The first kappa shape index (κ1) is 14.3. The van der Waals surface area contributed by atoms with Gasteiger partial charge in [0.05, 0.1) is 0 Å². The Morgan fingerprint density at radius 2 is 2.32 bits per heavy atom. The van der Waals surface area contributed by atoms with E-state index in [1.54, 1.807) is 13.0 Å². The number of aliphatic hydroxyl groups excluding tert-OH is 1. The van der Waals surface area contributed by atoms with Gasteiger partial charge in [0.2, 0.25) is 0 Å². The number of hydrogen-bond donors (Lipinski definition) is 1. The quantitative estimate of drug-likeness (QED) is 0.564. The third kappa shape index (κ3) is 4.17. The van der Waals surface area contributed by atoms with Gasteiger partial charge in [-0.2, -0.15) is 0 Å². The molecule has 1 aliphatic rings. The molecule has 4 nitrogen and oxygen atoms in total. The van der Waals surface area contributed by atoms with Gasteiger partial charge in [-0.05, 0) is 0 Å². The number of aliphatic hydroxyl groups is 1. The van der Waals surface area contributed by atoms with Gasteiger partial charge in [-0.15, -0.1) is 0 Å². The van der Waals surface area contributed by atoms with Gasteiger partial charge in [0.25, 0.3) is 0 Å². The van der Waals surface area contributed by atoms with Crippen LogP contribution in [0, 0.1) is 0 Å². The number of halogens is 1. The van der Waals surface area contributed by atoms with Crippen molar-refractivity contribution in [1.82, 2.24) is 4.98 Å². The van der Waals surface area contributed by atoms with Crippen LogP contribution in [-0.2, 0) is 16.0 Å². The summed E-state index contributed by atoms with van der Waals surface area (Å²) in [4.78, 5) is 15.8. The summed E-state index contributed by atoms with van der Waals surface area (Å²) in [5.74, 6) is 0.0545. The third-order valence-corrected chi connectivity index (χ3v) is 5.19. The van der Waals surface area contributed by atoms with Crippen molar-refractivity contribution in [2.75, 3.05) is 6.61 Å². The fourth-order valence-corrected chi connectivity index (χ4v) is 4.08. The van der Waals surface area contributed by atoms with Crippen LogP contribution in [0.25, 0.3) is 5.57 Å². The van der Waals surface area contributed by atoms with E-state index in [1.807, 2.05) is 15.5 Å².